The molecule has 3 atom stereocenters. The first-order valence-electron chi connectivity index (χ1n) is 19.5. The van der Waals surface area contributed by atoms with E-state index in [4.69, 9.17) is 0 Å². The van der Waals surface area contributed by atoms with Gasteiger partial charge >= 0.3 is 0 Å². The fraction of sp³-hybridized carbons (Fsp3) is 0.200. The highest BCUT2D eigenvalue weighted by Crippen LogP contribution is 2.29. The maximum Gasteiger partial charge on any atom is 0.251 e. The van der Waals surface area contributed by atoms with Gasteiger partial charge in [-0.05, 0) is 59.7 Å². The van der Waals surface area contributed by atoms with Crippen LogP contribution in [0.15, 0.2) is 120 Å². The molecular formula is C45H45BrN6O11. The summed E-state index contributed by atoms with van der Waals surface area (Å²) in [7, 11) is 0. The maximum absolute atomic E-state index is 14.0. The second-order valence-corrected chi connectivity index (χ2v) is 15.2. The number of benzene rings is 5. The van der Waals surface area contributed by atoms with Crippen molar-refractivity contribution in [2.24, 2.45) is 0 Å². The highest BCUT2D eigenvalue weighted by Gasteiger charge is 2.30. The molecule has 328 valence electrons. The molecule has 17 nitrogen and oxygen atoms in total. The summed E-state index contributed by atoms with van der Waals surface area (Å²) < 4.78 is 0.707. The highest BCUT2D eigenvalue weighted by atomic mass is 79.9. The molecule has 0 spiro atoms. The normalized spacial score (nSPS) is 12.1. The zero-order valence-electron chi connectivity index (χ0n) is 33.5. The summed E-state index contributed by atoms with van der Waals surface area (Å²) >= 11 is 3.31. The van der Waals surface area contributed by atoms with E-state index in [2.05, 4.69) is 47.8 Å². The number of hydrogen-bond donors (Lipinski definition) is 11. The van der Waals surface area contributed by atoms with E-state index in [1.54, 1.807) is 42.5 Å². The molecule has 0 bridgehead atoms. The highest BCUT2D eigenvalue weighted by molar-refractivity contribution is 9.10. The summed E-state index contributed by atoms with van der Waals surface area (Å²) in [5.74, 6) is -6.48. The molecule has 0 saturated heterocycles. The molecule has 0 aliphatic carbocycles. The maximum atomic E-state index is 14.0. The second-order valence-electron chi connectivity index (χ2n) is 14.3. The van der Waals surface area contributed by atoms with E-state index in [0.717, 1.165) is 0 Å². The van der Waals surface area contributed by atoms with Crippen molar-refractivity contribution in [3.8, 4) is 28.7 Å². The molecule has 0 aliphatic rings. The number of hydrogen-bond acceptors (Lipinski definition) is 11. The van der Waals surface area contributed by atoms with Gasteiger partial charge in [-0.2, -0.15) is 0 Å². The monoisotopic (exact) mass is 924 g/mol. The van der Waals surface area contributed by atoms with E-state index in [1.165, 1.54) is 72.8 Å². The van der Waals surface area contributed by atoms with Crippen LogP contribution < -0.4 is 31.9 Å². The van der Waals surface area contributed by atoms with Gasteiger partial charge in [0.25, 0.3) is 5.91 Å². The van der Waals surface area contributed by atoms with Gasteiger partial charge in [-0.1, -0.05) is 82.7 Å². The summed E-state index contributed by atoms with van der Waals surface area (Å²) in [6, 6.07) is 25.2. The third kappa shape index (κ3) is 14.0. The minimum Gasteiger partial charge on any atom is -0.508 e. The summed E-state index contributed by atoms with van der Waals surface area (Å²) in [4.78, 5) is 81.2. The number of carbonyl (C=O) groups is 6. The first-order chi connectivity index (χ1) is 30.2. The van der Waals surface area contributed by atoms with Gasteiger partial charge in [0.05, 0.1) is 13.0 Å². The number of carbonyl (C=O) groups excluding carboxylic acids is 6. The van der Waals surface area contributed by atoms with E-state index in [9.17, 15) is 54.3 Å². The molecule has 0 aliphatic heterocycles. The lowest BCUT2D eigenvalue weighted by molar-refractivity contribution is -0.133. The van der Waals surface area contributed by atoms with Gasteiger partial charge in [0.15, 0.2) is 23.0 Å². The van der Waals surface area contributed by atoms with Crippen LogP contribution in [-0.2, 0) is 49.9 Å². The number of phenols is 5. The average Bonchev–Trinajstić information content (AvgIpc) is 3.27. The summed E-state index contributed by atoms with van der Waals surface area (Å²) in [5, 5.41) is 65.3. The Labute approximate surface area is 369 Å². The van der Waals surface area contributed by atoms with E-state index in [1.807, 2.05) is 0 Å². The number of phenolic OH excluding ortho intramolecular Hbond substituents is 5. The van der Waals surface area contributed by atoms with E-state index >= 15 is 0 Å². The second kappa shape index (κ2) is 22.3. The summed E-state index contributed by atoms with van der Waals surface area (Å²) in [5.41, 5.74) is 1.80. The molecule has 5 rings (SSSR count). The molecule has 0 aromatic heterocycles. The fourth-order valence-corrected chi connectivity index (χ4v) is 6.46. The van der Waals surface area contributed by atoms with Gasteiger partial charge < -0.3 is 57.4 Å². The average molecular weight is 926 g/mol. The predicted molar refractivity (Wildman–Crippen MR) is 232 cm³/mol. The van der Waals surface area contributed by atoms with E-state index < -0.39 is 83.8 Å². The Morgan fingerprint density at radius 3 is 1.63 bits per heavy atom. The molecule has 5 aromatic carbocycles. The number of para-hydroxylation sites is 2. The zero-order chi connectivity index (χ0) is 45.5. The molecule has 18 heteroatoms. The third-order valence-electron chi connectivity index (χ3n) is 9.61. The van der Waals surface area contributed by atoms with Gasteiger partial charge in [-0.25, -0.2) is 0 Å². The van der Waals surface area contributed by atoms with E-state index in [0.29, 0.717) is 15.6 Å². The third-order valence-corrected chi connectivity index (χ3v) is 10.1. The van der Waals surface area contributed by atoms with Gasteiger partial charge in [-0.3, -0.25) is 28.8 Å². The largest absolute Gasteiger partial charge is 0.508 e. The van der Waals surface area contributed by atoms with E-state index in [-0.39, 0.29) is 54.1 Å². The number of halogens is 1. The minimum absolute atomic E-state index is 0.0281. The molecule has 63 heavy (non-hydrogen) atoms. The molecule has 5 aromatic rings. The Morgan fingerprint density at radius 2 is 1.03 bits per heavy atom. The molecule has 11 N–H and O–H groups in total. The Hall–Kier alpha value is -7.60. The predicted octanol–water partition coefficient (Wildman–Crippen LogP) is 2.67. The first-order valence-corrected chi connectivity index (χ1v) is 20.3. The number of nitrogens with one attached hydrogen (secondary N) is 6. The smallest absolute Gasteiger partial charge is 0.251 e. The van der Waals surface area contributed by atoms with Crippen LogP contribution >= 0.6 is 15.9 Å². The first kappa shape index (κ1) is 46.5. The van der Waals surface area contributed by atoms with Crippen molar-refractivity contribution in [3.05, 3.63) is 148 Å². The van der Waals surface area contributed by atoms with Crippen molar-refractivity contribution in [1.29, 1.82) is 0 Å². The van der Waals surface area contributed by atoms with Gasteiger partial charge in [0.2, 0.25) is 29.5 Å². The van der Waals surface area contributed by atoms with Crippen LogP contribution in [0.2, 0.25) is 0 Å². The Bertz CT molecular complexity index is 2420. The quantitative estimate of drug-likeness (QED) is 0.0536. The van der Waals surface area contributed by atoms with Crippen LogP contribution in [0.3, 0.4) is 0 Å². The lowest BCUT2D eigenvalue weighted by atomic mass is 10.0. The van der Waals surface area contributed by atoms with Crippen LogP contribution in [0.1, 0.15) is 39.0 Å². The molecule has 0 unspecified atom stereocenters. The molecule has 0 fully saturated rings. The van der Waals surface area contributed by atoms with Crippen molar-refractivity contribution in [1.82, 2.24) is 31.9 Å². The molecule has 6 amide bonds. The van der Waals surface area contributed by atoms with Crippen LogP contribution in [0, 0.1) is 0 Å². The summed E-state index contributed by atoms with van der Waals surface area (Å²) in [6.07, 6.45) is -0.767. The zero-order valence-corrected chi connectivity index (χ0v) is 35.1. The summed E-state index contributed by atoms with van der Waals surface area (Å²) in [6.45, 7) is -1.18. The Morgan fingerprint density at radius 1 is 0.492 bits per heavy atom. The lowest BCUT2D eigenvalue weighted by Crippen LogP contribution is -2.56. The molecular weight excluding hydrogens is 880 g/mol. The standard InChI is InChI=1S/C45H45BrN6O11/c46-31-16-14-28(15-17-31)42(60)51-34(21-27-12-18-32(53)19-13-27)45(63)52-35(22-38(56)47-23-29-8-4-10-36(54)40(29)58)44(62)49-25-39(57)50-33(20-26-6-2-1-3-7-26)43(61)48-24-30-9-5-11-37(55)41(30)59/h1-19,33-35,53-55,58-59H,20-25H2,(H,47,56)(H,48,61)(H,49,62)(H,50,57)(H,51,60)(H,52,63)/t33-,34-,35-/m0/s1. The van der Waals surface area contributed by atoms with Crippen LogP contribution in [0.25, 0.3) is 0 Å². The Balaban J connectivity index is 1.32. The molecule has 0 saturated carbocycles. The van der Waals surface area contributed by atoms with Crippen molar-refractivity contribution >= 4 is 51.4 Å². The number of amides is 6. The Kier molecular flexibility index (Phi) is 16.4. The van der Waals surface area contributed by atoms with Crippen molar-refractivity contribution < 1.29 is 54.3 Å². The van der Waals surface area contributed by atoms with Crippen LogP contribution in [-0.4, -0.2) is 85.6 Å². The lowest BCUT2D eigenvalue weighted by Gasteiger charge is -2.24. The van der Waals surface area contributed by atoms with Crippen LogP contribution in [0.5, 0.6) is 28.7 Å². The minimum atomic E-state index is -1.65. The van der Waals surface area contributed by atoms with Gasteiger partial charge in [0, 0.05) is 47.1 Å². The van der Waals surface area contributed by atoms with Crippen molar-refractivity contribution in [3.63, 3.8) is 0 Å². The topological polar surface area (TPSA) is 276 Å². The number of aromatic hydroxyl groups is 5. The number of rotatable bonds is 19. The van der Waals surface area contributed by atoms with Gasteiger partial charge in [0.1, 0.15) is 23.9 Å². The van der Waals surface area contributed by atoms with Gasteiger partial charge in [-0.15, -0.1) is 0 Å². The molecule has 0 heterocycles. The molecule has 0 radical (unpaired) electrons. The SMILES string of the molecule is O=C(C[C@H](NC(=O)[C@H](Cc1ccc(O)cc1)NC(=O)c1ccc(Br)cc1)C(=O)NCC(=O)N[C@@H](Cc1ccccc1)C(=O)NCc1cccc(O)c1O)NCc1cccc(O)c1O. The fourth-order valence-electron chi connectivity index (χ4n) is 6.19. The van der Waals surface area contributed by atoms with Crippen LogP contribution in [0.4, 0.5) is 0 Å². The van der Waals surface area contributed by atoms with Crippen molar-refractivity contribution in [2.75, 3.05) is 6.54 Å². The van der Waals surface area contributed by atoms with Crippen molar-refractivity contribution in [2.45, 2.75) is 50.5 Å².